The summed E-state index contributed by atoms with van der Waals surface area (Å²) in [5.41, 5.74) is 8.84. The molecule has 0 saturated carbocycles. The number of pyridine rings is 1. The van der Waals surface area contributed by atoms with E-state index < -0.39 is 0 Å². The molecule has 5 nitrogen and oxygen atoms in total. The predicted octanol–water partition coefficient (Wildman–Crippen LogP) is 2.83. The average molecular weight is 326 g/mol. The number of carbonyl (C=O) groups excluding carboxylic acids is 1. The van der Waals surface area contributed by atoms with E-state index in [9.17, 15) is 4.79 Å². The topological polar surface area (TPSA) is 64.2 Å². The van der Waals surface area contributed by atoms with Crippen molar-refractivity contribution in [2.75, 3.05) is 6.54 Å². The smallest absolute Gasteiger partial charge is 0.255 e. The van der Waals surface area contributed by atoms with E-state index >= 15 is 0 Å². The summed E-state index contributed by atoms with van der Waals surface area (Å²) >= 11 is 0. The van der Waals surface area contributed by atoms with Gasteiger partial charge in [-0.2, -0.15) is 0 Å². The third-order valence-electron chi connectivity index (χ3n) is 4.96. The van der Waals surface area contributed by atoms with Crippen LogP contribution in [0, 0.1) is 13.8 Å². The average Bonchev–Trinajstić information content (AvgIpc) is 2.89. The van der Waals surface area contributed by atoms with Gasteiger partial charge in [-0.3, -0.25) is 4.79 Å². The fourth-order valence-electron chi connectivity index (χ4n) is 3.73. The quantitative estimate of drug-likeness (QED) is 0.943. The van der Waals surface area contributed by atoms with Crippen molar-refractivity contribution in [1.82, 2.24) is 14.5 Å². The Bertz CT molecular complexity index is 720. The zero-order valence-electron chi connectivity index (χ0n) is 14.7. The highest BCUT2D eigenvalue weighted by atomic mass is 16.2. The van der Waals surface area contributed by atoms with E-state index in [0.29, 0.717) is 0 Å². The molecule has 1 saturated heterocycles. The molecule has 3 heterocycles. The standard InChI is InChI=1S/C19H26N4O/c1-13-12-16(15(3)23(13)18-9-4-6-10-21-18)19(24)22-11-7-5-8-17(22)14(2)20/h4,6,9-10,12,14,17H,5,7-8,11,20H2,1-3H3. The van der Waals surface area contributed by atoms with Gasteiger partial charge in [0.15, 0.2) is 0 Å². The van der Waals surface area contributed by atoms with Crippen molar-refractivity contribution < 1.29 is 4.79 Å². The van der Waals surface area contributed by atoms with Crippen LogP contribution in [0.15, 0.2) is 30.5 Å². The molecule has 2 aromatic rings. The van der Waals surface area contributed by atoms with E-state index in [1.165, 1.54) is 0 Å². The first kappa shape index (κ1) is 16.7. The van der Waals surface area contributed by atoms with Crippen molar-refractivity contribution in [2.24, 2.45) is 5.73 Å². The van der Waals surface area contributed by atoms with Gasteiger partial charge in [0.25, 0.3) is 5.91 Å². The number of hydrogen-bond donors (Lipinski definition) is 1. The fraction of sp³-hybridized carbons (Fsp3) is 0.474. The monoisotopic (exact) mass is 326 g/mol. The van der Waals surface area contributed by atoms with Crippen molar-refractivity contribution in [3.8, 4) is 5.82 Å². The molecule has 5 heteroatoms. The molecule has 128 valence electrons. The van der Waals surface area contributed by atoms with Gasteiger partial charge >= 0.3 is 0 Å². The summed E-state index contributed by atoms with van der Waals surface area (Å²) in [6.45, 7) is 6.78. The van der Waals surface area contributed by atoms with Gasteiger partial charge in [-0.05, 0) is 58.2 Å². The number of aryl methyl sites for hydroxylation is 1. The van der Waals surface area contributed by atoms with Gasteiger partial charge in [-0.15, -0.1) is 0 Å². The summed E-state index contributed by atoms with van der Waals surface area (Å²) in [4.78, 5) is 19.6. The van der Waals surface area contributed by atoms with Crippen LogP contribution in [0.25, 0.3) is 5.82 Å². The summed E-state index contributed by atoms with van der Waals surface area (Å²) in [7, 11) is 0. The lowest BCUT2D eigenvalue weighted by atomic mass is 9.96. The fourth-order valence-corrected chi connectivity index (χ4v) is 3.73. The van der Waals surface area contributed by atoms with E-state index in [2.05, 4.69) is 4.98 Å². The molecular formula is C19H26N4O. The number of amides is 1. The molecule has 3 rings (SSSR count). The lowest BCUT2D eigenvalue weighted by Crippen LogP contribution is -2.51. The van der Waals surface area contributed by atoms with E-state index in [-0.39, 0.29) is 18.0 Å². The minimum absolute atomic E-state index is 0.00599. The summed E-state index contributed by atoms with van der Waals surface area (Å²) in [5, 5.41) is 0. The molecule has 0 aliphatic carbocycles. The van der Waals surface area contributed by atoms with E-state index in [1.807, 2.05) is 54.5 Å². The molecule has 2 unspecified atom stereocenters. The largest absolute Gasteiger partial charge is 0.334 e. The molecular weight excluding hydrogens is 300 g/mol. The molecule has 24 heavy (non-hydrogen) atoms. The molecule has 0 radical (unpaired) electrons. The SMILES string of the molecule is Cc1cc(C(=O)N2CCCCC2C(C)N)c(C)n1-c1ccccn1. The van der Waals surface area contributed by atoms with Crippen molar-refractivity contribution in [3.05, 3.63) is 47.4 Å². The summed E-state index contributed by atoms with van der Waals surface area (Å²) < 4.78 is 2.04. The zero-order valence-corrected chi connectivity index (χ0v) is 14.7. The van der Waals surface area contributed by atoms with Crippen LogP contribution in [0.2, 0.25) is 0 Å². The van der Waals surface area contributed by atoms with Crippen LogP contribution in [-0.2, 0) is 0 Å². The third kappa shape index (κ3) is 2.96. The number of rotatable bonds is 3. The maximum absolute atomic E-state index is 13.2. The molecule has 0 spiro atoms. The van der Waals surface area contributed by atoms with Gasteiger partial charge in [-0.25, -0.2) is 4.98 Å². The molecule has 2 aromatic heterocycles. The summed E-state index contributed by atoms with van der Waals surface area (Å²) in [6.07, 6.45) is 4.95. The van der Waals surface area contributed by atoms with Crippen LogP contribution in [0.1, 0.15) is 47.9 Å². The van der Waals surface area contributed by atoms with Gasteiger partial charge in [-0.1, -0.05) is 6.07 Å². The minimum atomic E-state index is -0.00599. The number of aromatic nitrogens is 2. The Kier molecular flexibility index (Phi) is 4.71. The molecule has 1 aliphatic heterocycles. The van der Waals surface area contributed by atoms with E-state index in [1.54, 1.807) is 6.20 Å². The van der Waals surface area contributed by atoms with Crippen molar-refractivity contribution in [2.45, 2.75) is 52.1 Å². The number of likely N-dealkylation sites (tertiary alicyclic amines) is 1. The van der Waals surface area contributed by atoms with Crippen LogP contribution >= 0.6 is 0 Å². The Balaban J connectivity index is 1.96. The minimum Gasteiger partial charge on any atom is -0.334 e. The van der Waals surface area contributed by atoms with Crippen LogP contribution in [0.3, 0.4) is 0 Å². The first-order valence-corrected chi connectivity index (χ1v) is 8.67. The number of carbonyl (C=O) groups is 1. The predicted molar refractivity (Wildman–Crippen MR) is 95.4 cm³/mol. The van der Waals surface area contributed by atoms with E-state index in [4.69, 9.17) is 5.73 Å². The van der Waals surface area contributed by atoms with Crippen LogP contribution < -0.4 is 5.73 Å². The number of hydrogen-bond acceptors (Lipinski definition) is 3. The Morgan fingerprint density at radius 1 is 1.33 bits per heavy atom. The lowest BCUT2D eigenvalue weighted by Gasteiger charge is -2.38. The van der Waals surface area contributed by atoms with Gasteiger partial charge in [0.05, 0.1) is 5.56 Å². The van der Waals surface area contributed by atoms with E-state index in [0.717, 1.165) is 48.6 Å². The Hall–Kier alpha value is -2.14. The lowest BCUT2D eigenvalue weighted by molar-refractivity contribution is 0.0583. The number of nitrogens with two attached hydrogens (primary N) is 1. The van der Waals surface area contributed by atoms with Crippen molar-refractivity contribution in [3.63, 3.8) is 0 Å². The molecule has 0 bridgehead atoms. The first-order valence-electron chi connectivity index (χ1n) is 8.67. The van der Waals surface area contributed by atoms with Gasteiger partial charge in [0, 0.05) is 36.2 Å². The highest BCUT2D eigenvalue weighted by Crippen LogP contribution is 2.25. The highest BCUT2D eigenvalue weighted by molar-refractivity contribution is 5.96. The van der Waals surface area contributed by atoms with Crippen LogP contribution in [-0.4, -0.2) is 39.0 Å². The van der Waals surface area contributed by atoms with Crippen molar-refractivity contribution in [1.29, 1.82) is 0 Å². The normalized spacial score (nSPS) is 19.3. The number of piperidine rings is 1. The second-order valence-corrected chi connectivity index (χ2v) is 6.73. The second-order valence-electron chi connectivity index (χ2n) is 6.73. The maximum Gasteiger partial charge on any atom is 0.255 e. The molecule has 2 N–H and O–H groups in total. The molecule has 2 atom stereocenters. The number of nitrogens with zero attached hydrogens (tertiary/aromatic N) is 3. The van der Waals surface area contributed by atoms with Crippen molar-refractivity contribution >= 4 is 5.91 Å². The Morgan fingerprint density at radius 3 is 2.79 bits per heavy atom. The highest BCUT2D eigenvalue weighted by Gasteiger charge is 2.31. The summed E-state index contributed by atoms with van der Waals surface area (Å²) in [5.74, 6) is 0.932. The third-order valence-corrected chi connectivity index (χ3v) is 4.96. The Labute approximate surface area is 143 Å². The summed E-state index contributed by atoms with van der Waals surface area (Å²) in [6, 6.07) is 7.90. The molecule has 0 aromatic carbocycles. The van der Waals surface area contributed by atoms with Crippen LogP contribution in [0.4, 0.5) is 0 Å². The zero-order chi connectivity index (χ0) is 17.3. The van der Waals surface area contributed by atoms with Gasteiger partial charge in [0.1, 0.15) is 5.82 Å². The van der Waals surface area contributed by atoms with Gasteiger partial charge in [0.2, 0.25) is 0 Å². The van der Waals surface area contributed by atoms with Gasteiger partial charge < -0.3 is 15.2 Å². The Morgan fingerprint density at radius 2 is 2.12 bits per heavy atom. The molecule has 1 fully saturated rings. The molecule has 1 amide bonds. The van der Waals surface area contributed by atoms with Crippen LogP contribution in [0.5, 0.6) is 0 Å². The first-order chi connectivity index (χ1) is 11.5. The maximum atomic E-state index is 13.2. The molecule has 1 aliphatic rings. The second kappa shape index (κ2) is 6.77.